The van der Waals surface area contributed by atoms with E-state index in [9.17, 15) is 19.4 Å². The Morgan fingerprint density at radius 1 is 1.13 bits per heavy atom. The van der Waals surface area contributed by atoms with Crippen LogP contribution in [0.2, 0.25) is 0 Å². The summed E-state index contributed by atoms with van der Waals surface area (Å²) in [5, 5.41) is 24.8. The molecule has 1 aliphatic carbocycles. The molecule has 3 N–H and O–H groups in total. The van der Waals surface area contributed by atoms with Gasteiger partial charge in [0.05, 0.1) is 17.0 Å². The van der Waals surface area contributed by atoms with Crippen LogP contribution in [0, 0.1) is 5.82 Å². The number of hydrogen-bond donors (Lipinski definition) is 3. The number of alkyl halides is 1. The fraction of sp³-hybridized carbons (Fsp3) is 0.659. The van der Waals surface area contributed by atoms with Crippen LogP contribution in [-0.4, -0.2) is 122 Å². The molecule has 5 aliphatic rings. The molecule has 14 heteroatoms. The first-order chi connectivity index (χ1) is 26.3. The van der Waals surface area contributed by atoms with Crippen LogP contribution in [0.15, 0.2) is 18.3 Å². The third-order valence-corrected chi connectivity index (χ3v) is 12.5. The molecule has 0 spiro atoms. The minimum Gasteiger partial charge on any atom is -0.508 e. The number of pyridine rings is 1. The van der Waals surface area contributed by atoms with Crippen LogP contribution in [0.5, 0.6) is 11.8 Å². The Labute approximate surface area is 321 Å². The zero-order chi connectivity index (χ0) is 38.6. The predicted octanol–water partition coefficient (Wildman–Crippen LogP) is 5.86. The molecule has 4 saturated heterocycles. The second kappa shape index (κ2) is 14.9. The number of piperazine rings is 1. The number of carbonyl (C=O) groups excluding carboxylic acids is 1. The number of aliphatic hydroxyl groups is 1. The summed E-state index contributed by atoms with van der Waals surface area (Å²) in [7, 11) is 0. The van der Waals surface area contributed by atoms with Crippen LogP contribution in [0.4, 0.5) is 19.4 Å². The molecule has 0 radical (unpaired) electrons. The summed E-state index contributed by atoms with van der Waals surface area (Å²) in [6.07, 6.45) is 7.11. The van der Waals surface area contributed by atoms with Crippen molar-refractivity contribution in [3.8, 4) is 23.0 Å². The number of rotatable bonds is 10. The number of amides is 1. The monoisotopic (exact) mass is 763 g/mol. The van der Waals surface area contributed by atoms with Gasteiger partial charge in [0.15, 0.2) is 5.82 Å². The van der Waals surface area contributed by atoms with E-state index in [1.165, 1.54) is 0 Å². The molecule has 0 saturated carbocycles. The molecule has 298 valence electrons. The van der Waals surface area contributed by atoms with E-state index in [2.05, 4.69) is 26.9 Å². The molecule has 6 atom stereocenters. The molecular formula is C41H55F2N7O5. The van der Waals surface area contributed by atoms with Gasteiger partial charge in [0.2, 0.25) is 0 Å². The number of nitrogens with zero attached hydrogens (tertiary/aromatic N) is 6. The lowest BCUT2D eigenvalue weighted by atomic mass is 9.78. The van der Waals surface area contributed by atoms with Crippen molar-refractivity contribution in [2.45, 2.75) is 127 Å². The van der Waals surface area contributed by atoms with Gasteiger partial charge in [0.25, 0.3) is 0 Å². The van der Waals surface area contributed by atoms with Gasteiger partial charge in [-0.15, -0.1) is 0 Å². The normalized spacial score (nSPS) is 27.3. The molecule has 4 fully saturated rings. The SMILES string of the molecule is CCC1CCCc2cc(O)cc(-c3ncc4c(N5CC6CCC(C5)N6CC(O)CNC(=O)OC(C)(C)C)nc(OC[C@@]56CCCN5C[C@H](F)C6)nc4c3F)c21. The number of benzene rings is 1. The van der Waals surface area contributed by atoms with Crippen LogP contribution >= 0.6 is 0 Å². The van der Waals surface area contributed by atoms with Crippen LogP contribution in [0.25, 0.3) is 22.2 Å². The molecule has 2 aromatic heterocycles. The van der Waals surface area contributed by atoms with E-state index in [1.807, 2.05) is 0 Å². The van der Waals surface area contributed by atoms with Crippen molar-refractivity contribution in [2.75, 3.05) is 50.8 Å². The lowest BCUT2D eigenvalue weighted by Crippen LogP contribution is -2.56. The fourth-order valence-corrected chi connectivity index (χ4v) is 10.1. The topological polar surface area (TPSA) is 136 Å². The maximum absolute atomic E-state index is 17.2. The highest BCUT2D eigenvalue weighted by Crippen LogP contribution is 2.45. The molecule has 1 amide bonds. The van der Waals surface area contributed by atoms with E-state index >= 15 is 4.39 Å². The van der Waals surface area contributed by atoms with Crippen molar-refractivity contribution < 1.29 is 33.3 Å². The lowest BCUT2D eigenvalue weighted by molar-refractivity contribution is 0.0433. The minimum atomic E-state index is -0.915. The highest BCUT2D eigenvalue weighted by Gasteiger charge is 2.49. The van der Waals surface area contributed by atoms with Gasteiger partial charge in [-0.25, -0.2) is 13.6 Å². The Morgan fingerprint density at radius 3 is 2.65 bits per heavy atom. The first-order valence-corrected chi connectivity index (χ1v) is 20.2. The van der Waals surface area contributed by atoms with Gasteiger partial charge >= 0.3 is 12.1 Å². The summed E-state index contributed by atoms with van der Waals surface area (Å²) in [5.74, 6) is 0.253. The van der Waals surface area contributed by atoms with Crippen LogP contribution in [0.1, 0.15) is 96.1 Å². The number of anilines is 1. The van der Waals surface area contributed by atoms with Crippen LogP contribution < -0.4 is 15.0 Å². The quantitative estimate of drug-likeness (QED) is 0.229. The van der Waals surface area contributed by atoms with Crippen molar-refractivity contribution >= 4 is 22.8 Å². The number of phenolic OH excluding ortho intramolecular Hbond substituents is 1. The molecular weight excluding hydrogens is 708 g/mol. The number of aromatic nitrogens is 3. The number of hydrogen-bond acceptors (Lipinski definition) is 11. The van der Waals surface area contributed by atoms with Gasteiger partial charge in [0.1, 0.15) is 41.2 Å². The Kier molecular flexibility index (Phi) is 10.3. The third-order valence-electron chi connectivity index (χ3n) is 12.5. The summed E-state index contributed by atoms with van der Waals surface area (Å²) in [6.45, 7) is 10.6. The van der Waals surface area contributed by atoms with Crippen molar-refractivity contribution in [1.82, 2.24) is 30.1 Å². The average Bonchev–Trinajstić information content (AvgIpc) is 3.73. The zero-order valence-corrected chi connectivity index (χ0v) is 32.5. The number of aliphatic hydroxyl groups excluding tert-OH is 1. The van der Waals surface area contributed by atoms with E-state index in [4.69, 9.17) is 24.4 Å². The van der Waals surface area contributed by atoms with E-state index in [0.29, 0.717) is 49.4 Å². The first-order valence-electron chi connectivity index (χ1n) is 20.2. The smallest absolute Gasteiger partial charge is 0.407 e. The van der Waals surface area contributed by atoms with Crippen molar-refractivity contribution in [1.29, 1.82) is 0 Å². The molecule has 3 aromatic rings. The number of carbonyl (C=O) groups is 1. The number of aryl methyl sites for hydroxylation is 1. The number of fused-ring (bicyclic) bond motifs is 5. The van der Waals surface area contributed by atoms with Gasteiger partial charge in [0, 0.05) is 63.0 Å². The van der Waals surface area contributed by atoms with Gasteiger partial charge in [-0.2, -0.15) is 9.97 Å². The molecule has 6 heterocycles. The Balaban J connectivity index is 1.11. The molecule has 4 aliphatic heterocycles. The zero-order valence-electron chi connectivity index (χ0n) is 32.5. The molecule has 55 heavy (non-hydrogen) atoms. The summed E-state index contributed by atoms with van der Waals surface area (Å²) < 4.78 is 43.5. The molecule has 8 rings (SSSR count). The molecule has 4 unspecified atom stereocenters. The number of aromatic hydroxyl groups is 1. The highest BCUT2D eigenvalue weighted by molar-refractivity contribution is 5.92. The first kappa shape index (κ1) is 38.0. The molecule has 1 aromatic carbocycles. The fourth-order valence-electron chi connectivity index (χ4n) is 10.1. The van der Waals surface area contributed by atoms with Gasteiger partial charge in [-0.1, -0.05) is 6.92 Å². The minimum absolute atomic E-state index is 0.0462. The largest absolute Gasteiger partial charge is 0.508 e. The maximum atomic E-state index is 17.2. The second-order valence-electron chi connectivity index (χ2n) is 17.5. The highest BCUT2D eigenvalue weighted by atomic mass is 19.1. The van der Waals surface area contributed by atoms with Gasteiger partial charge in [-0.3, -0.25) is 14.8 Å². The van der Waals surface area contributed by atoms with E-state index in [-0.39, 0.29) is 54.1 Å². The van der Waals surface area contributed by atoms with E-state index < -0.39 is 35.3 Å². The van der Waals surface area contributed by atoms with Crippen molar-refractivity contribution in [2.24, 2.45) is 0 Å². The summed E-state index contributed by atoms with van der Waals surface area (Å²) in [4.78, 5) is 33.2. The second-order valence-corrected chi connectivity index (χ2v) is 17.5. The summed E-state index contributed by atoms with van der Waals surface area (Å²) in [6, 6.07) is 3.66. The number of nitrogens with one attached hydrogen (secondary N) is 1. The summed E-state index contributed by atoms with van der Waals surface area (Å²) >= 11 is 0. The number of alkyl carbamates (subject to hydrolysis) is 1. The number of halogens is 2. The van der Waals surface area contributed by atoms with Crippen molar-refractivity contribution in [3.05, 3.63) is 35.3 Å². The Morgan fingerprint density at radius 2 is 1.91 bits per heavy atom. The third kappa shape index (κ3) is 7.53. The number of ether oxygens (including phenoxy) is 2. The van der Waals surface area contributed by atoms with Crippen LogP contribution in [0.3, 0.4) is 0 Å². The Hall–Kier alpha value is -3.88. The predicted molar refractivity (Wildman–Crippen MR) is 205 cm³/mol. The van der Waals surface area contributed by atoms with Gasteiger partial charge in [-0.05, 0) is 108 Å². The lowest BCUT2D eigenvalue weighted by Gasteiger charge is -2.42. The summed E-state index contributed by atoms with van der Waals surface area (Å²) in [5.41, 5.74) is 1.85. The van der Waals surface area contributed by atoms with Gasteiger partial charge < -0.3 is 29.9 Å². The maximum Gasteiger partial charge on any atom is 0.407 e. The molecule has 2 bridgehead atoms. The Bertz CT molecular complexity index is 1910. The van der Waals surface area contributed by atoms with E-state index in [0.717, 1.165) is 69.0 Å². The van der Waals surface area contributed by atoms with Crippen LogP contribution in [-0.2, 0) is 11.2 Å². The van der Waals surface area contributed by atoms with Crippen molar-refractivity contribution in [3.63, 3.8) is 0 Å². The average molecular weight is 764 g/mol. The van der Waals surface area contributed by atoms with E-state index in [1.54, 1.807) is 39.1 Å². The number of phenols is 1. The molecule has 12 nitrogen and oxygen atoms in total. The standard InChI is InChI=1S/C41H55F2N7O5/c1-5-24-8-6-9-25-14-29(51)15-31(33(24)25)35-34(43)36-32(18-44-35)37(47-38(46-36)54-23-41-12-7-13-49(41)19-26(42)16-41)48-20-27-10-11-28(21-48)50(27)22-30(52)17-45-39(53)55-40(2,3)4/h14-15,18,24,26-28,30,51-52H,5-13,16-17,19-23H2,1-4H3,(H,45,53)/t24?,26-,27?,28?,30?,41+/m1/s1.